The number of ketones is 1. The zero-order chi connectivity index (χ0) is 16.2. The summed E-state index contributed by atoms with van der Waals surface area (Å²) < 4.78 is 0. The number of hydrogen-bond donors (Lipinski definition) is 0. The molecule has 0 aliphatic carbocycles. The van der Waals surface area contributed by atoms with Crippen LogP contribution in [0.25, 0.3) is 17.2 Å². The normalized spacial score (nSPS) is 11.8. The minimum atomic E-state index is -0.550. The van der Waals surface area contributed by atoms with Crippen LogP contribution in [0, 0.1) is 16.7 Å². The van der Waals surface area contributed by atoms with Crippen LogP contribution in [0.15, 0.2) is 60.2 Å². The molecule has 0 unspecified atom stereocenters. The molecular weight excluding hydrogens is 270 g/mol. The molecule has 0 atom stereocenters. The number of rotatable bonds is 3. The van der Waals surface area contributed by atoms with Crippen molar-refractivity contribution in [3.63, 3.8) is 0 Å². The fourth-order valence-electron chi connectivity index (χ4n) is 2.12. The van der Waals surface area contributed by atoms with Gasteiger partial charge in [-0.15, -0.1) is 0 Å². The molecule has 0 aliphatic heterocycles. The number of Topliss-reactive ketones (excluding diaryl/α,β-unsaturated/α-hetero) is 1. The van der Waals surface area contributed by atoms with Crippen molar-refractivity contribution in [3.05, 3.63) is 65.7 Å². The van der Waals surface area contributed by atoms with Gasteiger partial charge in [-0.3, -0.25) is 4.79 Å². The Bertz CT molecular complexity index is 726. The molecule has 0 amide bonds. The highest BCUT2D eigenvalue weighted by molar-refractivity contribution is 6.06. The van der Waals surface area contributed by atoms with Crippen molar-refractivity contribution in [2.75, 3.05) is 0 Å². The molecule has 0 N–H and O–H groups in total. The van der Waals surface area contributed by atoms with E-state index in [1.165, 1.54) is 0 Å². The minimum Gasteiger partial charge on any atom is -0.293 e. The van der Waals surface area contributed by atoms with Gasteiger partial charge in [0, 0.05) is 5.41 Å². The van der Waals surface area contributed by atoms with Gasteiger partial charge < -0.3 is 0 Å². The van der Waals surface area contributed by atoms with Gasteiger partial charge in [-0.2, -0.15) is 5.26 Å². The zero-order valence-electron chi connectivity index (χ0n) is 13.1. The SMILES string of the molecule is CC(C)(C)C(=O)/C(C#N)=C\c1ccc(-c2ccccc2)cc1. The number of allylic oxidation sites excluding steroid dienone is 1. The first-order chi connectivity index (χ1) is 10.4. The first-order valence-electron chi connectivity index (χ1n) is 7.24. The molecule has 110 valence electrons. The predicted octanol–water partition coefficient (Wildman–Crippen LogP) is 4.88. The van der Waals surface area contributed by atoms with Crippen LogP contribution in [0.2, 0.25) is 0 Å². The Morgan fingerprint density at radius 2 is 1.50 bits per heavy atom. The van der Waals surface area contributed by atoms with Crippen molar-refractivity contribution >= 4 is 11.9 Å². The van der Waals surface area contributed by atoms with Crippen molar-refractivity contribution in [1.29, 1.82) is 5.26 Å². The van der Waals surface area contributed by atoms with Crippen molar-refractivity contribution in [1.82, 2.24) is 0 Å². The Balaban J connectivity index is 2.29. The molecule has 2 aromatic carbocycles. The molecule has 22 heavy (non-hydrogen) atoms. The molecule has 0 bridgehead atoms. The van der Waals surface area contributed by atoms with E-state index in [9.17, 15) is 10.1 Å². The molecule has 0 fully saturated rings. The van der Waals surface area contributed by atoms with Gasteiger partial charge in [0.1, 0.15) is 6.07 Å². The number of benzene rings is 2. The van der Waals surface area contributed by atoms with Crippen molar-refractivity contribution < 1.29 is 4.79 Å². The summed E-state index contributed by atoms with van der Waals surface area (Å²) in [6, 6.07) is 19.9. The Morgan fingerprint density at radius 3 is 2.00 bits per heavy atom. The highest BCUT2D eigenvalue weighted by Gasteiger charge is 2.24. The van der Waals surface area contributed by atoms with Gasteiger partial charge >= 0.3 is 0 Å². The summed E-state index contributed by atoms with van der Waals surface area (Å²) in [5, 5.41) is 9.21. The van der Waals surface area contributed by atoms with Crippen molar-refractivity contribution in [3.8, 4) is 17.2 Å². The summed E-state index contributed by atoms with van der Waals surface area (Å²) in [6.45, 7) is 5.46. The monoisotopic (exact) mass is 289 g/mol. The number of nitrogens with zero attached hydrogens (tertiary/aromatic N) is 1. The molecule has 0 aliphatic rings. The van der Waals surface area contributed by atoms with E-state index >= 15 is 0 Å². The van der Waals surface area contributed by atoms with Crippen LogP contribution in [0.5, 0.6) is 0 Å². The Kier molecular flexibility index (Phi) is 4.58. The van der Waals surface area contributed by atoms with Crippen LogP contribution in [0.3, 0.4) is 0 Å². The zero-order valence-corrected chi connectivity index (χ0v) is 13.1. The second kappa shape index (κ2) is 6.41. The molecule has 0 saturated carbocycles. The third-order valence-corrected chi connectivity index (χ3v) is 3.38. The third kappa shape index (κ3) is 3.71. The largest absolute Gasteiger partial charge is 0.293 e. The van der Waals surface area contributed by atoms with Crippen molar-refractivity contribution in [2.24, 2.45) is 5.41 Å². The van der Waals surface area contributed by atoms with Crippen LogP contribution in [0.1, 0.15) is 26.3 Å². The summed E-state index contributed by atoms with van der Waals surface area (Å²) in [4.78, 5) is 12.2. The fourth-order valence-corrected chi connectivity index (χ4v) is 2.12. The third-order valence-electron chi connectivity index (χ3n) is 3.38. The van der Waals surface area contributed by atoms with E-state index in [-0.39, 0.29) is 11.4 Å². The maximum absolute atomic E-state index is 12.2. The van der Waals surface area contributed by atoms with E-state index in [4.69, 9.17) is 0 Å². The van der Waals surface area contributed by atoms with Crippen LogP contribution in [0.4, 0.5) is 0 Å². The lowest BCUT2D eigenvalue weighted by Crippen LogP contribution is -2.21. The lowest BCUT2D eigenvalue weighted by molar-refractivity contribution is -0.121. The molecule has 0 heterocycles. The topological polar surface area (TPSA) is 40.9 Å². The maximum atomic E-state index is 12.2. The van der Waals surface area contributed by atoms with Gasteiger partial charge in [-0.05, 0) is 22.8 Å². The summed E-state index contributed by atoms with van der Waals surface area (Å²) in [5.41, 5.74) is 2.75. The fraction of sp³-hybridized carbons (Fsp3) is 0.200. The summed E-state index contributed by atoms with van der Waals surface area (Å²) in [7, 11) is 0. The number of nitriles is 1. The van der Waals surface area contributed by atoms with E-state index in [2.05, 4.69) is 12.1 Å². The molecule has 2 aromatic rings. The van der Waals surface area contributed by atoms with Gasteiger partial charge in [0.2, 0.25) is 0 Å². The second-order valence-electron chi connectivity index (χ2n) is 6.24. The standard InChI is InChI=1S/C20H19NO/c1-20(2,3)19(22)18(14-21)13-15-9-11-17(12-10-15)16-7-5-4-6-8-16/h4-13H,1-3H3/b18-13-. The van der Waals surface area contributed by atoms with Crippen LogP contribution >= 0.6 is 0 Å². The lowest BCUT2D eigenvalue weighted by Gasteiger charge is -2.15. The molecular formula is C20H19NO. The summed E-state index contributed by atoms with van der Waals surface area (Å²) in [6.07, 6.45) is 1.66. The van der Waals surface area contributed by atoms with Gasteiger partial charge in [0.15, 0.2) is 5.78 Å². The molecule has 2 heteroatoms. The van der Waals surface area contributed by atoms with E-state index < -0.39 is 5.41 Å². The van der Waals surface area contributed by atoms with E-state index in [0.717, 1.165) is 16.7 Å². The summed E-state index contributed by atoms with van der Waals surface area (Å²) >= 11 is 0. The smallest absolute Gasteiger partial charge is 0.178 e. The molecule has 0 aromatic heterocycles. The first kappa shape index (κ1) is 15.7. The Labute approximate surface area is 131 Å². The molecule has 2 rings (SSSR count). The molecule has 0 spiro atoms. The van der Waals surface area contributed by atoms with Crippen molar-refractivity contribution in [2.45, 2.75) is 20.8 Å². The molecule has 0 saturated heterocycles. The van der Waals surface area contributed by atoms with E-state index in [1.807, 2.05) is 69.3 Å². The first-order valence-corrected chi connectivity index (χ1v) is 7.24. The van der Waals surface area contributed by atoms with E-state index in [1.54, 1.807) is 6.08 Å². The summed E-state index contributed by atoms with van der Waals surface area (Å²) in [5.74, 6) is -0.137. The number of carbonyl (C=O) groups excluding carboxylic acids is 1. The highest BCUT2D eigenvalue weighted by Crippen LogP contribution is 2.23. The quantitative estimate of drug-likeness (QED) is 0.597. The van der Waals surface area contributed by atoms with E-state index in [0.29, 0.717) is 0 Å². The Hall–Kier alpha value is -2.66. The van der Waals surface area contributed by atoms with Gasteiger partial charge in [0.05, 0.1) is 5.57 Å². The highest BCUT2D eigenvalue weighted by atomic mass is 16.1. The lowest BCUT2D eigenvalue weighted by atomic mass is 9.86. The van der Waals surface area contributed by atoms with Gasteiger partial charge in [-0.1, -0.05) is 75.4 Å². The van der Waals surface area contributed by atoms with Crippen LogP contribution < -0.4 is 0 Å². The van der Waals surface area contributed by atoms with Crippen LogP contribution in [-0.4, -0.2) is 5.78 Å². The average molecular weight is 289 g/mol. The van der Waals surface area contributed by atoms with Gasteiger partial charge in [0.25, 0.3) is 0 Å². The average Bonchev–Trinajstić information content (AvgIpc) is 2.52. The minimum absolute atomic E-state index is 0.137. The second-order valence-corrected chi connectivity index (χ2v) is 6.24. The van der Waals surface area contributed by atoms with Crippen LogP contribution in [-0.2, 0) is 4.79 Å². The number of hydrogen-bond acceptors (Lipinski definition) is 2. The molecule has 0 radical (unpaired) electrons. The molecule has 2 nitrogen and oxygen atoms in total. The maximum Gasteiger partial charge on any atom is 0.178 e. The Morgan fingerprint density at radius 1 is 0.955 bits per heavy atom. The predicted molar refractivity (Wildman–Crippen MR) is 89.9 cm³/mol. The van der Waals surface area contributed by atoms with Gasteiger partial charge in [-0.25, -0.2) is 0 Å². The number of carbonyl (C=O) groups is 1.